The van der Waals surface area contributed by atoms with Crippen LogP contribution in [-0.4, -0.2) is 13.2 Å². The molecule has 0 saturated carbocycles. The van der Waals surface area contributed by atoms with Gasteiger partial charge in [-0.05, 0) is 0 Å². The van der Waals surface area contributed by atoms with Crippen molar-refractivity contribution in [3.63, 3.8) is 0 Å². The van der Waals surface area contributed by atoms with Crippen LogP contribution in [0.25, 0.3) is 0 Å². The smallest absolute Gasteiger partial charge is 0.854 e. The Bertz CT molecular complexity index is 230. The fourth-order valence-corrected chi connectivity index (χ4v) is 4.24. The maximum absolute atomic E-state index is 10.2. The van der Waals surface area contributed by atoms with Gasteiger partial charge in [0, 0.05) is 0 Å². The van der Waals surface area contributed by atoms with Crippen molar-refractivity contribution < 1.29 is 29.7 Å². The molecule has 2 nitrogen and oxygen atoms in total. The van der Waals surface area contributed by atoms with Crippen molar-refractivity contribution in [3.05, 3.63) is 0 Å². The molecule has 0 aromatic carbocycles. The van der Waals surface area contributed by atoms with Crippen molar-refractivity contribution in [2.24, 2.45) is 0 Å². The van der Waals surface area contributed by atoms with Crippen molar-refractivity contribution in [2.45, 2.75) is 181 Å². The standard InChI is InChI=1S/2C15H31O.Zn/c2*1-2-3-4-5-6-7-8-9-10-11-12-13-14-15-16;/h2*2-15H2,1H3;/q2*-1;+2. The molecule has 0 saturated heterocycles. The van der Waals surface area contributed by atoms with E-state index in [0.717, 1.165) is 25.7 Å². The van der Waals surface area contributed by atoms with Crippen LogP contribution >= 0.6 is 0 Å². The van der Waals surface area contributed by atoms with Gasteiger partial charge in [-0.3, -0.25) is 0 Å². The molecule has 0 radical (unpaired) electrons. The first kappa shape index (κ1) is 38.1. The summed E-state index contributed by atoms with van der Waals surface area (Å²) in [5, 5.41) is 20.4. The number of unbranched alkanes of at least 4 members (excludes halogenated alkanes) is 24. The van der Waals surface area contributed by atoms with Gasteiger partial charge in [0.15, 0.2) is 0 Å². The fraction of sp³-hybridized carbons (Fsp3) is 1.00. The fourth-order valence-electron chi connectivity index (χ4n) is 4.24. The molecule has 33 heavy (non-hydrogen) atoms. The van der Waals surface area contributed by atoms with E-state index < -0.39 is 0 Å². The molecule has 196 valence electrons. The summed E-state index contributed by atoms with van der Waals surface area (Å²) in [4.78, 5) is 0. The zero-order chi connectivity index (χ0) is 23.8. The third-order valence-electron chi connectivity index (χ3n) is 6.50. The molecule has 0 fully saturated rings. The zero-order valence-corrected chi connectivity index (χ0v) is 26.3. The topological polar surface area (TPSA) is 46.1 Å². The predicted octanol–water partition coefficient (Wildman–Crippen LogP) is 8.87. The van der Waals surface area contributed by atoms with E-state index in [4.69, 9.17) is 0 Å². The summed E-state index contributed by atoms with van der Waals surface area (Å²) in [7, 11) is 0. The Morgan fingerprint density at radius 2 is 0.424 bits per heavy atom. The molecule has 0 unspecified atom stereocenters. The zero-order valence-electron chi connectivity index (χ0n) is 23.3. The summed E-state index contributed by atoms with van der Waals surface area (Å²) in [6, 6.07) is 0. The minimum absolute atomic E-state index is 0. The number of hydrogen-bond acceptors (Lipinski definition) is 2. The largest absolute Gasteiger partial charge is 2.00 e. The van der Waals surface area contributed by atoms with Crippen molar-refractivity contribution in [3.8, 4) is 0 Å². The summed E-state index contributed by atoms with van der Waals surface area (Å²) in [5.41, 5.74) is 0. The molecule has 0 aromatic heterocycles. The average Bonchev–Trinajstić information content (AvgIpc) is 2.81. The Morgan fingerprint density at radius 3 is 0.576 bits per heavy atom. The third-order valence-corrected chi connectivity index (χ3v) is 6.50. The summed E-state index contributed by atoms with van der Waals surface area (Å²) >= 11 is 0. The molecule has 0 atom stereocenters. The van der Waals surface area contributed by atoms with Gasteiger partial charge in [-0.15, -0.1) is 13.2 Å². The van der Waals surface area contributed by atoms with E-state index in [0.29, 0.717) is 0 Å². The number of rotatable bonds is 26. The Balaban J connectivity index is -0.000000529. The molecular weight excluding hydrogens is 458 g/mol. The van der Waals surface area contributed by atoms with E-state index in [2.05, 4.69) is 13.8 Å². The van der Waals surface area contributed by atoms with E-state index >= 15 is 0 Å². The minimum atomic E-state index is 0. The first-order valence-corrected chi connectivity index (χ1v) is 15.0. The predicted molar refractivity (Wildman–Crippen MR) is 141 cm³/mol. The molecule has 0 aliphatic carbocycles. The van der Waals surface area contributed by atoms with Crippen molar-refractivity contribution in [1.82, 2.24) is 0 Å². The molecular formula is C30H62O2Zn. The molecule has 0 N–H and O–H groups in total. The molecule has 3 heteroatoms. The van der Waals surface area contributed by atoms with Crippen LogP contribution < -0.4 is 10.2 Å². The van der Waals surface area contributed by atoms with Gasteiger partial charge in [0.25, 0.3) is 0 Å². The second kappa shape index (κ2) is 39.7. The van der Waals surface area contributed by atoms with Gasteiger partial charge in [-0.2, -0.15) is 0 Å². The first-order valence-electron chi connectivity index (χ1n) is 15.0. The maximum atomic E-state index is 10.2. The summed E-state index contributed by atoms with van der Waals surface area (Å²) in [6.45, 7) is 4.79. The van der Waals surface area contributed by atoms with Gasteiger partial charge in [0.05, 0.1) is 0 Å². The third kappa shape index (κ3) is 43.1. The van der Waals surface area contributed by atoms with E-state index in [1.165, 1.54) is 141 Å². The normalized spacial score (nSPS) is 10.5. The molecule has 0 bridgehead atoms. The second-order valence-corrected chi connectivity index (χ2v) is 9.89. The Morgan fingerprint density at radius 1 is 0.273 bits per heavy atom. The summed E-state index contributed by atoms with van der Waals surface area (Å²) < 4.78 is 0. The van der Waals surface area contributed by atoms with Crippen LogP contribution in [0.1, 0.15) is 181 Å². The molecule has 0 rings (SSSR count). The van der Waals surface area contributed by atoms with Crippen LogP contribution in [0.4, 0.5) is 0 Å². The van der Waals surface area contributed by atoms with Crippen LogP contribution in [0.15, 0.2) is 0 Å². The summed E-state index contributed by atoms with van der Waals surface area (Å²) in [5.74, 6) is 0. The maximum Gasteiger partial charge on any atom is 2.00 e. The minimum Gasteiger partial charge on any atom is -0.854 e. The monoisotopic (exact) mass is 518 g/mol. The van der Waals surface area contributed by atoms with Crippen molar-refractivity contribution >= 4 is 0 Å². The van der Waals surface area contributed by atoms with Crippen LogP contribution in [-0.2, 0) is 19.5 Å². The quantitative estimate of drug-likeness (QED) is 0.0845. The molecule has 0 amide bonds. The van der Waals surface area contributed by atoms with E-state index in [9.17, 15) is 10.2 Å². The second-order valence-electron chi connectivity index (χ2n) is 9.89. The van der Waals surface area contributed by atoms with Gasteiger partial charge in [0.2, 0.25) is 0 Å². The van der Waals surface area contributed by atoms with E-state index in [1.807, 2.05) is 0 Å². The number of hydrogen-bond donors (Lipinski definition) is 0. The average molecular weight is 520 g/mol. The molecule has 0 aromatic rings. The first-order chi connectivity index (χ1) is 15.8. The van der Waals surface area contributed by atoms with Gasteiger partial charge in [0.1, 0.15) is 0 Å². The summed E-state index contributed by atoms with van der Waals surface area (Å²) in [6.07, 6.45) is 34.8. The van der Waals surface area contributed by atoms with Crippen LogP contribution in [0, 0.1) is 0 Å². The molecule has 0 heterocycles. The van der Waals surface area contributed by atoms with Crippen molar-refractivity contribution in [1.29, 1.82) is 0 Å². The SMILES string of the molecule is CCCCCCCCCCCCCCC[O-].CCCCCCCCCCCCCCC[O-].[Zn+2]. The molecule has 0 aliphatic heterocycles. The van der Waals surface area contributed by atoms with Gasteiger partial charge >= 0.3 is 19.5 Å². The Labute approximate surface area is 223 Å². The van der Waals surface area contributed by atoms with Crippen molar-refractivity contribution in [2.75, 3.05) is 13.2 Å². The molecule has 0 aliphatic rings. The van der Waals surface area contributed by atoms with Gasteiger partial charge < -0.3 is 10.2 Å². The molecule has 0 spiro atoms. The van der Waals surface area contributed by atoms with Crippen LogP contribution in [0.5, 0.6) is 0 Å². The van der Waals surface area contributed by atoms with E-state index in [-0.39, 0.29) is 32.7 Å². The van der Waals surface area contributed by atoms with Gasteiger partial charge in [-0.25, -0.2) is 0 Å². The van der Waals surface area contributed by atoms with Gasteiger partial charge in [-0.1, -0.05) is 181 Å². The Hall–Kier alpha value is 0.543. The Kier molecular flexibility index (Phi) is 45.9. The van der Waals surface area contributed by atoms with E-state index in [1.54, 1.807) is 0 Å². The van der Waals surface area contributed by atoms with Crippen LogP contribution in [0.2, 0.25) is 0 Å². The van der Waals surface area contributed by atoms with Crippen LogP contribution in [0.3, 0.4) is 0 Å².